The first-order chi connectivity index (χ1) is 14.1. The number of nitrogens with one attached hydrogen (secondary N) is 2. The SMILES string of the molecule is COc1cccc(CC(=O)N2CCc3ccc(NC(=O)CNCC4CC4)cc32)c1.Cl. The molecule has 30 heavy (non-hydrogen) atoms. The zero-order valence-corrected chi connectivity index (χ0v) is 18.0. The van der Waals surface area contributed by atoms with Crippen LogP contribution in [0.4, 0.5) is 11.4 Å². The zero-order chi connectivity index (χ0) is 20.2. The maximum absolute atomic E-state index is 12.9. The summed E-state index contributed by atoms with van der Waals surface area (Å²) in [7, 11) is 1.62. The minimum atomic E-state index is -0.0575. The lowest BCUT2D eigenvalue weighted by atomic mass is 10.1. The molecule has 0 atom stereocenters. The summed E-state index contributed by atoms with van der Waals surface area (Å²) < 4.78 is 5.24. The normalized spacial score (nSPS) is 14.6. The van der Waals surface area contributed by atoms with E-state index in [4.69, 9.17) is 4.74 Å². The lowest BCUT2D eigenvalue weighted by molar-refractivity contribution is -0.118. The lowest BCUT2D eigenvalue weighted by Gasteiger charge is -2.18. The maximum atomic E-state index is 12.9. The molecule has 0 unspecified atom stereocenters. The Morgan fingerprint density at radius 1 is 1.17 bits per heavy atom. The summed E-state index contributed by atoms with van der Waals surface area (Å²) in [5, 5.41) is 6.13. The highest BCUT2D eigenvalue weighted by atomic mass is 35.5. The molecule has 4 rings (SSSR count). The second kappa shape index (κ2) is 9.96. The van der Waals surface area contributed by atoms with Crippen LogP contribution in [0.15, 0.2) is 42.5 Å². The van der Waals surface area contributed by atoms with Gasteiger partial charge in [-0.3, -0.25) is 9.59 Å². The van der Waals surface area contributed by atoms with Crippen molar-refractivity contribution in [2.45, 2.75) is 25.7 Å². The van der Waals surface area contributed by atoms with Gasteiger partial charge < -0.3 is 20.3 Å². The van der Waals surface area contributed by atoms with Crippen LogP contribution in [-0.4, -0.2) is 38.6 Å². The van der Waals surface area contributed by atoms with E-state index in [-0.39, 0.29) is 24.2 Å². The molecule has 0 spiro atoms. The fourth-order valence-corrected chi connectivity index (χ4v) is 3.69. The molecular weight excluding hydrogens is 402 g/mol. The van der Waals surface area contributed by atoms with Crippen LogP contribution in [-0.2, 0) is 22.4 Å². The van der Waals surface area contributed by atoms with E-state index in [9.17, 15) is 9.59 Å². The minimum absolute atomic E-state index is 0. The van der Waals surface area contributed by atoms with Crippen LogP contribution in [0.5, 0.6) is 5.75 Å². The highest BCUT2D eigenvalue weighted by molar-refractivity contribution is 5.98. The monoisotopic (exact) mass is 429 g/mol. The maximum Gasteiger partial charge on any atom is 0.238 e. The molecular formula is C23H28ClN3O3. The number of rotatable bonds is 8. The highest BCUT2D eigenvalue weighted by Gasteiger charge is 2.25. The van der Waals surface area contributed by atoms with Crippen LogP contribution < -0.4 is 20.3 Å². The van der Waals surface area contributed by atoms with Gasteiger partial charge in [-0.25, -0.2) is 0 Å². The third kappa shape index (κ3) is 5.52. The van der Waals surface area contributed by atoms with Crippen LogP contribution in [0.3, 0.4) is 0 Å². The number of hydrogen-bond donors (Lipinski definition) is 2. The molecule has 0 radical (unpaired) electrons. The largest absolute Gasteiger partial charge is 0.497 e. The molecule has 2 aromatic carbocycles. The van der Waals surface area contributed by atoms with Crippen LogP contribution in [0.2, 0.25) is 0 Å². The molecule has 1 aliphatic carbocycles. The summed E-state index contributed by atoms with van der Waals surface area (Å²) in [6.45, 7) is 1.88. The van der Waals surface area contributed by atoms with Crippen LogP contribution in [0.1, 0.15) is 24.0 Å². The first-order valence-corrected chi connectivity index (χ1v) is 10.2. The highest BCUT2D eigenvalue weighted by Crippen LogP contribution is 2.31. The van der Waals surface area contributed by atoms with E-state index in [1.807, 2.05) is 47.4 Å². The number of nitrogens with zero attached hydrogens (tertiary/aromatic N) is 1. The van der Waals surface area contributed by atoms with Gasteiger partial charge >= 0.3 is 0 Å². The number of methoxy groups -OCH3 is 1. The molecule has 7 heteroatoms. The predicted molar refractivity (Wildman–Crippen MR) is 121 cm³/mol. The molecule has 2 amide bonds. The summed E-state index contributed by atoms with van der Waals surface area (Å²) in [6.07, 6.45) is 3.67. The second-order valence-corrected chi connectivity index (χ2v) is 7.79. The standard InChI is InChI=1S/C23H27N3O3.ClH/c1-29-20-4-2-3-17(11-20)12-23(28)26-10-9-18-7-8-19(13-21(18)26)25-22(27)15-24-14-16-5-6-16;/h2-4,7-8,11,13,16,24H,5-6,9-10,12,14-15H2,1H3,(H,25,27);1H. The summed E-state index contributed by atoms with van der Waals surface area (Å²) in [5.74, 6) is 1.48. The lowest BCUT2D eigenvalue weighted by Crippen LogP contribution is -2.31. The molecule has 2 aliphatic rings. The number of benzene rings is 2. The molecule has 2 N–H and O–H groups in total. The fourth-order valence-electron chi connectivity index (χ4n) is 3.69. The van der Waals surface area contributed by atoms with Gasteiger partial charge in [-0.15, -0.1) is 12.4 Å². The predicted octanol–water partition coefficient (Wildman–Crippen LogP) is 3.19. The summed E-state index contributed by atoms with van der Waals surface area (Å²) in [4.78, 5) is 26.9. The van der Waals surface area contributed by atoms with E-state index in [0.29, 0.717) is 19.5 Å². The van der Waals surface area contributed by atoms with E-state index in [0.717, 1.165) is 47.1 Å². The molecule has 1 saturated carbocycles. The van der Waals surface area contributed by atoms with Crippen molar-refractivity contribution >= 4 is 35.6 Å². The molecule has 2 aromatic rings. The summed E-state index contributed by atoms with van der Waals surface area (Å²) >= 11 is 0. The van der Waals surface area contributed by atoms with E-state index in [2.05, 4.69) is 10.6 Å². The molecule has 0 bridgehead atoms. The van der Waals surface area contributed by atoms with Gasteiger partial charge in [0.25, 0.3) is 0 Å². The van der Waals surface area contributed by atoms with E-state index in [1.165, 1.54) is 12.8 Å². The van der Waals surface area contributed by atoms with E-state index >= 15 is 0 Å². The van der Waals surface area contributed by atoms with E-state index < -0.39 is 0 Å². The molecule has 1 heterocycles. The Morgan fingerprint density at radius 2 is 2.00 bits per heavy atom. The van der Waals surface area contributed by atoms with Crippen molar-refractivity contribution in [3.05, 3.63) is 53.6 Å². The average Bonchev–Trinajstić information content (AvgIpc) is 3.44. The quantitative estimate of drug-likeness (QED) is 0.676. The Morgan fingerprint density at radius 3 is 2.77 bits per heavy atom. The molecule has 160 valence electrons. The average molecular weight is 430 g/mol. The van der Waals surface area contributed by atoms with Gasteiger partial charge in [0.2, 0.25) is 11.8 Å². The van der Waals surface area contributed by atoms with Crippen LogP contribution >= 0.6 is 12.4 Å². The van der Waals surface area contributed by atoms with Crippen molar-refractivity contribution in [2.24, 2.45) is 5.92 Å². The number of carbonyl (C=O) groups excluding carboxylic acids is 2. The Kier molecular flexibility index (Phi) is 7.34. The number of anilines is 2. The van der Waals surface area contributed by atoms with Crippen molar-refractivity contribution < 1.29 is 14.3 Å². The minimum Gasteiger partial charge on any atom is -0.497 e. The molecule has 0 saturated heterocycles. The first-order valence-electron chi connectivity index (χ1n) is 10.2. The number of ether oxygens (including phenoxy) is 1. The number of fused-ring (bicyclic) bond motifs is 1. The summed E-state index contributed by atoms with van der Waals surface area (Å²) in [6, 6.07) is 13.4. The Hall–Kier alpha value is -2.57. The van der Waals surface area contributed by atoms with Gasteiger partial charge in [0, 0.05) is 17.9 Å². The third-order valence-corrected chi connectivity index (χ3v) is 5.47. The third-order valence-electron chi connectivity index (χ3n) is 5.47. The molecule has 0 aromatic heterocycles. The van der Waals surface area contributed by atoms with Gasteiger partial charge in [-0.2, -0.15) is 0 Å². The first kappa shape index (κ1) is 22.1. The second-order valence-electron chi connectivity index (χ2n) is 7.79. The van der Waals surface area contributed by atoms with Crippen molar-refractivity contribution in [3.63, 3.8) is 0 Å². The Bertz CT molecular complexity index is 914. The molecule has 1 fully saturated rings. The topological polar surface area (TPSA) is 70.7 Å². The van der Waals surface area contributed by atoms with Gasteiger partial charge in [-0.1, -0.05) is 18.2 Å². The van der Waals surface area contributed by atoms with Crippen molar-refractivity contribution in [1.82, 2.24) is 5.32 Å². The van der Waals surface area contributed by atoms with Crippen molar-refractivity contribution in [2.75, 3.05) is 37.0 Å². The number of halogens is 1. The van der Waals surface area contributed by atoms with Gasteiger partial charge in [-0.05, 0) is 67.1 Å². The van der Waals surface area contributed by atoms with Crippen molar-refractivity contribution in [3.8, 4) is 5.75 Å². The van der Waals surface area contributed by atoms with Crippen LogP contribution in [0.25, 0.3) is 0 Å². The van der Waals surface area contributed by atoms with Gasteiger partial charge in [0.1, 0.15) is 5.75 Å². The van der Waals surface area contributed by atoms with Gasteiger partial charge in [0.15, 0.2) is 0 Å². The Labute approximate surface area is 183 Å². The fraction of sp³-hybridized carbons (Fsp3) is 0.391. The number of carbonyl (C=O) groups is 2. The van der Waals surface area contributed by atoms with Crippen molar-refractivity contribution in [1.29, 1.82) is 0 Å². The summed E-state index contributed by atoms with van der Waals surface area (Å²) in [5.41, 5.74) is 3.67. The van der Waals surface area contributed by atoms with E-state index in [1.54, 1.807) is 7.11 Å². The van der Waals surface area contributed by atoms with Crippen LogP contribution in [0, 0.1) is 5.92 Å². The number of amides is 2. The zero-order valence-electron chi connectivity index (χ0n) is 17.1. The molecule has 1 aliphatic heterocycles. The molecule has 6 nitrogen and oxygen atoms in total. The Balaban J connectivity index is 0.00000256. The van der Waals surface area contributed by atoms with Gasteiger partial charge in [0.05, 0.1) is 20.1 Å². The number of hydrogen-bond acceptors (Lipinski definition) is 4. The smallest absolute Gasteiger partial charge is 0.238 e.